The maximum Gasteiger partial charge on any atom is 0.146 e. The van der Waals surface area contributed by atoms with Gasteiger partial charge in [0.25, 0.3) is 0 Å². The maximum atomic E-state index is 6.29. The summed E-state index contributed by atoms with van der Waals surface area (Å²) in [4.78, 5) is 12.7. The highest BCUT2D eigenvalue weighted by Gasteiger charge is 2.29. The Kier molecular flexibility index (Phi) is 7.13. The molecule has 2 aromatic carbocycles. The Morgan fingerprint density at radius 3 is 2.59 bits per heavy atom. The number of hydrogen-bond donors (Lipinski definition) is 1. The highest BCUT2D eigenvalue weighted by Crippen LogP contribution is 2.43. The second-order valence-electron chi connectivity index (χ2n) is 11.8. The molecule has 1 aliphatic carbocycles. The number of aromatic amines is 1. The van der Waals surface area contributed by atoms with E-state index in [0.29, 0.717) is 5.41 Å². The summed E-state index contributed by atoms with van der Waals surface area (Å²) in [5, 5.41) is 1.85. The molecule has 202 valence electrons. The first-order valence-electron chi connectivity index (χ1n) is 14.0. The average molecular weight is 541 g/mol. The number of aryl methyl sites for hydroxylation is 1. The number of hydrogen-bond acceptors (Lipinski definition) is 4. The van der Waals surface area contributed by atoms with E-state index in [0.717, 1.165) is 78.7 Å². The number of piperazine rings is 1. The van der Waals surface area contributed by atoms with E-state index in [1.807, 2.05) is 30.5 Å². The molecule has 6 rings (SSSR count). The van der Waals surface area contributed by atoms with E-state index in [1.54, 1.807) is 11.8 Å². The zero-order valence-corrected chi connectivity index (χ0v) is 23.9. The van der Waals surface area contributed by atoms with Gasteiger partial charge in [-0.15, -0.1) is 0 Å². The molecule has 0 spiro atoms. The monoisotopic (exact) mass is 540 g/mol. The van der Waals surface area contributed by atoms with Crippen molar-refractivity contribution in [1.29, 1.82) is 0 Å². The van der Waals surface area contributed by atoms with Crippen molar-refractivity contribution in [2.24, 2.45) is 5.41 Å². The zero-order valence-electron chi connectivity index (χ0n) is 23.1. The lowest BCUT2D eigenvalue weighted by Crippen LogP contribution is -2.47. The largest absolute Gasteiger partial charge is 0.455 e. The highest BCUT2D eigenvalue weighted by atomic mass is 35.5. The molecule has 2 aromatic heterocycles. The molecule has 1 N–H and O–H groups in total. The topological polar surface area (TPSA) is 44.4 Å². The molecule has 3 heterocycles. The molecule has 1 fully saturated rings. The molecule has 4 aromatic rings. The predicted octanol–water partition coefficient (Wildman–Crippen LogP) is 8.10. The van der Waals surface area contributed by atoms with Crippen LogP contribution >= 0.6 is 11.6 Å². The first-order valence-corrected chi connectivity index (χ1v) is 14.4. The van der Waals surface area contributed by atoms with E-state index in [9.17, 15) is 0 Å². The molecule has 1 aliphatic heterocycles. The van der Waals surface area contributed by atoms with E-state index in [4.69, 9.17) is 16.3 Å². The molecule has 39 heavy (non-hydrogen) atoms. The smallest absolute Gasteiger partial charge is 0.146 e. The molecular formula is C33H37ClN4O. The van der Waals surface area contributed by atoms with Crippen LogP contribution in [0.5, 0.6) is 11.5 Å². The van der Waals surface area contributed by atoms with E-state index < -0.39 is 0 Å². The van der Waals surface area contributed by atoms with Crippen molar-refractivity contribution < 1.29 is 4.74 Å². The van der Waals surface area contributed by atoms with Gasteiger partial charge in [-0.05, 0) is 78.6 Å². The van der Waals surface area contributed by atoms with Crippen LogP contribution in [0.15, 0.2) is 72.6 Å². The van der Waals surface area contributed by atoms with Crippen LogP contribution < -0.4 is 9.64 Å². The fourth-order valence-electron chi connectivity index (χ4n) is 6.00. The zero-order chi connectivity index (χ0) is 27.0. The highest BCUT2D eigenvalue weighted by molar-refractivity contribution is 6.30. The normalized spacial score (nSPS) is 18.1. The molecule has 0 radical (unpaired) electrons. The standard InChI is InChI=1S/C33H37ClN4O/c1-23-4-9-28(19-31(23)39-29-18-25-11-13-35-32(25)36-21-29)38-16-14-37(15-17-38)22-26-20-33(2,3)12-10-30(26)24-5-7-27(34)8-6-24/h4-9,11,13,18-19,21H,10,12,14-17,20,22H2,1-3H3,(H,35,36). The fourth-order valence-corrected chi connectivity index (χ4v) is 6.12. The number of rotatable bonds is 6. The van der Waals surface area contributed by atoms with E-state index in [1.165, 1.54) is 23.2 Å². The number of pyridine rings is 1. The van der Waals surface area contributed by atoms with Gasteiger partial charge in [0.1, 0.15) is 17.1 Å². The number of fused-ring (bicyclic) bond motifs is 1. The van der Waals surface area contributed by atoms with Gasteiger partial charge in [-0.25, -0.2) is 4.98 Å². The van der Waals surface area contributed by atoms with E-state index >= 15 is 0 Å². The Morgan fingerprint density at radius 1 is 1.00 bits per heavy atom. The van der Waals surface area contributed by atoms with Crippen molar-refractivity contribution >= 4 is 33.9 Å². The Balaban J connectivity index is 1.14. The summed E-state index contributed by atoms with van der Waals surface area (Å²) in [6, 6.07) is 19.0. The third kappa shape index (κ3) is 5.85. The van der Waals surface area contributed by atoms with Gasteiger partial charge in [0.05, 0.1) is 6.20 Å². The van der Waals surface area contributed by atoms with Crippen LogP contribution in [-0.4, -0.2) is 47.6 Å². The van der Waals surface area contributed by atoms with Gasteiger partial charge >= 0.3 is 0 Å². The second-order valence-corrected chi connectivity index (χ2v) is 12.3. The lowest BCUT2D eigenvalue weighted by molar-refractivity contribution is 0.256. The number of H-pyrrole nitrogens is 1. The second kappa shape index (κ2) is 10.7. The molecule has 0 amide bonds. The Labute approximate surface area is 236 Å². The van der Waals surface area contributed by atoms with Gasteiger partial charge in [0, 0.05) is 61.1 Å². The summed E-state index contributed by atoms with van der Waals surface area (Å²) in [6.45, 7) is 12.1. The van der Waals surface area contributed by atoms with Gasteiger partial charge in [-0.3, -0.25) is 4.90 Å². The van der Waals surface area contributed by atoms with Crippen molar-refractivity contribution in [2.75, 3.05) is 37.6 Å². The van der Waals surface area contributed by atoms with Crippen LogP contribution in [0.25, 0.3) is 16.6 Å². The van der Waals surface area contributed by atoms with Crippen LogP contribution in [0.4, 0.5) is 5.69 Å². The maximum absolute atomic E-state index is 6.29. The van der Waals surface area contributed by atoms with Gasteiger partial charge in [-0.2, -0.15) is 0 Å². The first-order chi connectivity index (χ1) is 18.8. The van der Waals surface area contributed by atoms with Gasteiger partial charge in [-0.1, -0.05) is 49.2 Å². The number of aromatic nitrogens is 2. The molecule has 0 unspecified atom stereocenters. The minimum atomic E-state index is 0.354. The van der Waals surface area contributed by atoms with Crippen molar-refractivity contribution in [3.63, 3.8) is 0 Å². The third-order valence-electron chi connectivity index (χ3n) is 8.29. The van der Waals surface area contributed by atoms with Crippen molar-refractivity contribution in [3.8, 4) is 11.5 Å². The molecule has 2 aliphatic rings. The average Bonchev–Trinajstić information content (AvgIpc) is 3.39. The van der Waals surface area contributed by atoms with Crippen LogP contribution in [-0.2, 0) is 0 Å². The summed E-state index contributed by atoms with van der Waals surface area (Å²) in [6.07, 6.45) is 7.21. The minimum Gasteiger partial charge on any atom is -0.455 e. The van der Waals surface area contributed by atoms with Crippen LogP contribution in [0, 0.1) is 12.3 Å². The lowest BCUT2D eigenvalue weighted by atomic mass is 9.73. The number of nitrogens with zero attached hydrogens (tertiary/aromatic N) is 3. The van der Waals surface area contributed by atoms with Crippen molar-refractivity contribution in [1.82, 2.24) is 14.9 Å². The summed E-state index contributed by atoms with van der Waals surface area (Å²) in [5.74, 6) is 1.64. The summed E-state index contributed by atoms with van der Waals surface area (Å²) < 4.78 is 6.29. The van der Waals surface area contributed by atoms with Crippen LogP contribution in [0.3, 0.4) is 0 Å². The van der Waals surface area contributed by atoms with Crippen LogP contribution in [0.2, 0.25) is 5.02 Å². The number of benzene rings is 2. The molecular weight excluding hydrogens is 504 g/mol. The van der Waals surface area contributed by atoms with Gasteiger partial charge < -0.3 is 14.6 Å². The van der Waals surface area contributed by atoms with Crippen molar-refractivity contribution in [2.45, 2.75) is 40.0 Å². The number of halogens is 1. The fraction of sp³-hybridized carbons (Fsp3) is 0.364. The molecule has 1 saturated heterocycles. The molecule has 0 bridgehead atoms. The Hall–Kier alpha value is -3.28. The van der Waals surface area contributed by atoms with Crippen molar-refractivity contribution in [3.05, 3.63) is 88.7 Å². The number of nitrogens with one attached hydrogen (secondary N) is 1. The van der Waals surface area contributed by atoms with E-state index in [-0.39, 0.29) is 0 Å². The molecule has 6 heteroatoms. The Morgan fingerprint density at radius 2 is 1.79 bits per heavy atom. The summed E-state index contributed by atoms with van der Waals surface area (Å²) >= 11 is 6.19. The van der Waals surface area contributed by atoms with Gasteiger partial charge in [0.2, 0.25) is 0 Å². The third-order valence-corrected chi connectivity index (χ3v) is 8.54. The SMILES string of the molecule is Cc1ccc(N2CCN(CC3=C(c4ccc(Cl)cc4)CCC(C)(C)C3)CC2)cc1Oc1cnc2[nH]ccc2c1. The quantitative estimate of drug-likeness (QED) is 0.268. The van der Waals surface area contributed by atoms with Crippen LogP contribution in [0.1, 0.15) is 44.2 Å². The summed E-state index contributed by atoms with van der Waals surface area (Å²) in [5.41, 5.74) is 8.02. The molecule has 0 atom stereocenters. The Bertz CT molecular complexity index is 1500. The number of anilines is 1. The predicted molar refractivity (Wildman–Crippen MR) is 162 cm³/mol. The lowest BCUT2D eigenvalue weighted by Gasteiger charge is -2.39. The van der Waals surface area contributed by atoms with Gasteiger partial charge in [0.15, 0.2) is 0 Å². The number of allylic oxidation sites excluding steroid dienone is 1. The minimum absolute atomic E-state index is 0.354. The first kappa shape index (κ1) is 26.0. The molecule has 0 saturated carbocycles. The number of ether oxygens (including phenoxy) is 1. The summed E-state index contributed by atoms with van der Waals surface area (Å²) in [7, 11) is 0. The van der Waals surface area contributed by atoms with E-state index in [2.05, 4.69) is 70.9 Å². The molecule has 5 nitrogen and oxygen atoms in total.